The second-order valence-corrected chi connectivity index (χ2v) is 6.19. The first-order chi connectivity index (χ1) is 7.99. The highest BCUT2D eigenvalue weighted by Crippen LogP contribution is 2.39. The average molecular weight is 269 g/mol. The summed E-state index contributed by atoms with van der Waals surface area (Å²) < 4.78 is 0. The van der Waals surface area contributed by atoms with Crippen LogP contribution >= 0.6 is 22.7 Å². The maximum atomic E-state index is 5.63. The third-order valence-electron chi connectivity index (χ3n) is 2.21. The van der Waals surface area contributed by atoms with E-state index in [9.17, 15) is 0 Å². The van der Waals surface area contributed by atoms with Crippen molar-refractivity contribution in [2.24, 2.45) is 0 Å². The molecular weight excluding hydrogens is 254 g/mol. The number of hydrogen-bond donors (Lipinski definition) is 1. The van der Waals surface area contributed by atoms with Crippen molar-refractivity contribution in [2.45, 2.75) is 19.8 Å². The zero-order valence-corrected chi connectivity index (χ0v) is 11.9. The van der Waals surface area contributed by atoms with Gasteiger partial charge in [0.25, 0.3) is 0 Å². The van der Waals surface area contributed by atoms with Crippen molar-refractivity contribution in [1.82, 2.24) is 15.2 Å². The minimum absolute atomic E-state index is 0.361. The molecular formula is C10H15N5S2. The quantitative estimate of drug-likeness (QED) is 0.927. The fourth-order valence-electron chi connectivity index (χ4n) is 1.38. The predicted octanol–water partition coefficient (Wildman–Crippen LogP) is 2.43. The lowest BCUT2D eigenvalue weighted by Gasteiger charge is -2.05. The molecule has 7 heteroatoms. The Kier molecular flexibility index (Phi) is 3.30. The van der Waals surface area contributed by atoms with Gasteiger partial charge in [0.15, 0.2) is 10.1 Å². The van der Waals surface area contributed by atoms with Crippen LogP contribution in [0, 0.1) is 0 Å². The minimum atomic E-state index is 0.361. The van der Waals surface area contributed by atoms with Crippen molar-refractivity contribution in [3.8, 4) is 9.88 Å². The third-order valence-corrected chi connectivity index (χ3v) is 4.35. The Morgan fingerprint density at radius 2 is 1.88 bits per heavy atom. The highest BCUT2D eigenvalue weighted by molar-refractivity contribution is 7.25. The Bertz CT molecular complexity index is 514. The van der Waals surface area contributed by atoms with E-state index in [2.05, 4.69) is 29.0 Å². The third kappa shape index (κ3) is 2.39. The summed E-state index contributed by atoms with van der Waals surface area (Å²) in [6.07, 6.45) is 0. The molecule has 2 aromatic heterocycles. The summed E-state index contributed by atoms with van der Waals surface area (Å²) in [7, 11) is 3.97. The van der Waals surface area contributed by atoms with Gasteiger partial charge in [-0.05, 0) is 5.92 Å². The molecule has 0 atom stereocenters. The Morgan fingerprint density at radius 1 is 1.18 bits per heavy atom. The van der Waals surface area contributed by atoms with Crippen molar-refractivity contribution in [3.05, 3.63) is 5.69 Å². The van der Waals surface area contributed by atoms with Crippen LogP contribution in [0.5, 0.6) is 0 Å². The van der Waals surface area contributed by atoms with Crippen LogP contribution in [0.25, 0.3) is 9.88 Å². The van der Waals surface area contributed by atoms with E-state index < -0.39 is 0 Å². The Morgan fingerprint density at radius 3 is 2.35 bits per heavy atom. The Hall–Kier alpha value is -1.21. The molecule has 0 spiro atoms. The normalized spacial score (nSPS) is 11.1. The number of rotatable bonds is 3. The van der Waals surface area contributed by atoms with Gasteiger partial charge in [0.1, 0.15) is 0 Å². The number of thiazole rings is 1. The Labute approximate surface area is 108 Å². The maximum absolute atomic E-state index is 5.63. The van der Waals surface area contributed by atoms with E-state index in [0.717, 1.165) is 20.7 Å². The molecule has 5 nitrogen and oxygen atoms in total. The number of anilines is 2. The lowest BCUT2D eigenvalue weighted by atomic mass is 10.1. The molecule has 2 aromatic rings. The molecule has 2 N–H and O–H groups in total. The lowest BCUT2D eigenvalue weighted by Crippen LogP contribution is -2.08. The van der Waals surface area contributed by atoms with E-state index in [1.807, 2.05) is 19.0 Å². The van der Waals surface area contributed by atoms with Gasteiger partial charge in [0.2, 0.25) is 5.13 Å². The fourth-order valence-corrected chi connectivity index (χ4v) is 3.21. The first-order valence-corrected chi connectivity index (χ1v) is 6.89. The monoisotopic (exact) mass is 269 g/mol. The number of aromatic nitrogens is 3. The Balaban J connectivity index is 2.51. The molecule has 0 unspecified atom stereocenters. The smallest absolute Gasteiger partial charge is 0.203 e. The molecule has 17 heavy (non-hydrogen) atoms. The molecule has 2 rings (SSSR count). The molecule has 0 radical (unpaired) electrons. The van der Waals surface area contributed by atoms with Crippen molar-refractivity contribution >= 4 is 32.9 Å². The highest BCUT2D eigenvalue weighted by atomic mass is 32.1. The standard InChI is InChI=1S/C10H15N5S2/c1-5(2)6-7(8-13-14-9(11)17-8)16-10(12-6)15(3)4/h5H,1-4H3,(H2,11,14). The molecule has 92 valence electrons. The molecule has 0 aliphatic rings. The summed E-state index contributed by atoms with van der Waals surface area (Å²) in [5, 5.41) is 10.3. The van der Waals surface area contributed by atoms with Crippen LogP contribution in [0.15, 0.2) is 0 Å². The van der Waals surface area contributed by atoms with Gasteiger partial charge in [-0.15, -0.1) is 10.2 Å². The van der Waals surface area contributed by atoms with E-state index in [1.165, 1.54) is 11.3 Å². The van der Waals surface area contributed by atoms with Gasteiger partial charge in [-0.3, -0.25) is 0 Å². The van der Waals surface area contributed by atoms with Crippen LogP contribution < -0.4 is 10.6 Å². The summed E-state index contributed by atoms with van der Waals surface area (Å²) in [6.45, 7) is 4.25. The highest BCUT2D eigenvalue weighted by Gasteiger charge is 2.19. The molecule has 0 saturated carbocycles. The van der Waals surface area contributed by atoms with Crippen LogP contribution in [0.1, 0.15) is 25.5 Å². The van der Waals surface area contributed by atoms with E-state index in [0.29, 0.717) is 11.0 Å². The van der Waals surface area contributed by atoms with Crippen molar-refractivity contribution < 1.29 is 0 Å². The van der Waals surface area contributed by atoms with Crippen LogP contribution in [-0.2, 0) is 0 Å². The average Bonchev–Trinajstić information content (AvgIpc) is 2.82. The van der Waals surface area contributed by atoms with Gasteiger partial charge < -0.3 is 10.6 Å². The first-order valence-electron chi connectivity index (χ1n) is 5.26. The van der Waals surface area contributed by atoms with E-state index in [-0.39, 0.29) is 0 Å². The SMILES string of the molecule is CC(C)c1nc(N(C)C)sc1-c1nnc(N)s1. The van der Waals surface area contributed by atoms with Crippen LogP contribution in [0.3, 0.4) is 0 Å². The van der Waals surface area contributed by atoms with Gasteiger partial charge >= 0.3 is 0 Å². The van der Waals surface area contributed by atoms with E-state index in [1.54, 1.807) is 11.3 Å². The zero-order chi connectivity index (χ0) is 12.6. The molecule has 2 heterocycles. The first kappa shape index (κ1) is 12.3. The molecule has 0 bridgehead atoms. The second-order valence-electron chi connectivity index (χ2n) is 4.21. The second kappa shape index (κ2) is 4.58. The lowest BCUT2D eigenvalue weighted by molar-refractivity contribution is 0.831. The summed E-state index contributed by atoms with van der Waals surface area (Å²) in [4.78, 5) is 7.72. The molecule has 0 aliphatic heterocycles. The van der Waals surface area contributed by atoms with E-state index in [4.69, 9.17) is 5.73 Å². The molecule has 0 saturated heterocycles. The number of nitrogen functional groups attached to an aromatic ring is 1. The summed E-state index contributed by atoms with van der Waals surface area (Å²) in [6, 6.07) is 0. The summed E-state index contributed by atoms with van der Waals surface area (Å²) in [5.41, 5.74) is 6.69. The molecule has 0 aromatic carbocycles. The number of nitrogens with two attached hydrogens (primary N) is 1. The van der Waals surface area contributed by atoms with Gasteiger partial charge in [-0.1, -0.05) is 36.5 Å². The molecule has 0 aliphatic carbocycles. The van der Waals surface area contributed by atoms with Crippen LogP contribution in [0.4, 0.5) is 10.3 Å². The molecule has 0 amide bonds. The fraction of sp³-hybridized carbons (Fsp3) is 0.500. The largest absolute Gasteiger partial charge is 0.374 e. The maximum Gasteiger partial charge on any atom is 0.203 e. The van der Waals surface area contributed by atoms with Gasteiger partial charge in [-0.25, -0.2) is 4.98 Å². The summed E-state index contributed by atoms with van der Waals surface area (Å²) in [5.74, 6) is 0.361. The van der Waals surface area contributed by atoms with Crippen LogP contribution in [0.2, 0.25) is 0 Å². The van der Waals surface area contributed by atoms with Gasteiger partial charge in [0, 0.05) is 14.1 Å². The zero-order valence-electron chi connectivity index (χ0n) is 10.3. The predicted molar refractivity (Wildman–Crippen MR) is 73.8 cm³/mol. The molecule has 0 fully saturated rings. The van der Waals surface area contributed by atoms with Gasteiger partial charge in [0.05, 0.1) is 10.6 Å². The van der Waals surface area contributed by atoms with E-state index >= 15 is 0 Å². The minimum Gasteiger partial charge on any atom is -0.374 e. The number of nitrogens with zero attached hydrogens (tertiary/aromatic N) is 4. The van der Waals surface area contributed by atoms with Crippen molar-refractivity contribution in [2.75, 3.05) is 24.7 Å². The van der Waals surface area contributed by atoms with Crippen molar-refractivity contribution in [3.63, 3.8) is 0 Å². The van der Waals surface area contributed by atoms with Crippen LogP contribution in [-0.4, -0.2) is 29.3 Å². The summed E-state index contributed by atoms with van der Waals surface area (Å²) >= 11 is 3.03. The topological polar surface area (TPSA) is 67.9 Å². The van der Waals surface area contributed by atoms with Crippen molar-refractivity contribution in [1.29, 1.82) is 0 Å². The number of hydrogen-bond acceptors (Lipinski definition) is 7. The van der Waals surface area contributed by atoms with Gasteiger partial charge in [-0.2, -0.15) is 0 Å².